The number of nitrogens with zero attached hydrogens (tertiary/aromatic N) is 2. The van der Waals surface area contributed by atoms with Crippen molar-refractivity contribution < 1.29 is 9.53 Å². The zero-order chi connectivity index (χ0) is 13.8. The summed E-state index contributed by atoms with van der Waals surface area (Å²) in [6.45, 7) is 1.72. The fourth-order valence-electron chi connectivity index (χ4n) is 1.84. The third-order valence-corrected chi connectivity index (χ3v) is 2.75. The Bertz CT molecular complexity index is 611. The molecule has 2 rings (SSSR count). The number of nitrogens with two attached hydrogens (primary N) is 1. The molecule has 0 aliphatic carbocycles. The fourth-order valence-corrected chi connectivity index (χ4v) is 1.84. The largest absolute Gasteiger partial charge is 0.497 e. The predicted octanol–water partition coefficient (Wildman–Crippen LogP) is 1.48. The van der Waals surface area contributed by atoms with E-state index in [0.717, 1.165) is 11.3 Å². The predicted molar refractivity (Wildman–Crippen MR) is 71.1 cm³/mol. The number of benzene rings is 1. The van der Waals surface area contributed by atoms with Crippen molar-refractivity contribution in [2.45, 2.75) is 13.3 Å². The third-order valence-electron chi connectivity index (χ3n) is 2.75. The van der Waals surface area contributed by atoms with Crippen molar-refractivity contribution in [2.75, 3.05) is 7.11 Å². The van der Waals surface area contributed by atoms with Gasteiger partial charge in [-0.05, 0) is 24.6 Å². The van der Waals surface area contributed by atoms with Gasteiger partial charge in [0.05, 0.1) is 7.11 Å². The van der Waals surface area contributed by atoms with Gasteiger partial charge in [-0.25, -0.2) is 9.97 Å². The molecular formula is C14H15N3O2. The van der Waals surface area contributed by atoms with Crippen LogP contribution in [0.5, 0.6) is 5.75 Å². The first-order chi connectivity index (χ1) is 9.10. The van der Waals surface area contributed by atoms with Gasteiger partial charge in [0.1, 0.15) is 17.3 Å². The summed E-state index contributed by atoms with van der Waals surface area (Å²) in [6, 6.07) is 7.62. The lowest BCUT2D eigenvalue weighted by atomic mass is 10.0. The van der Waals surface area contributed by atoms with Crippen molar-refractivity contribution in [1.29, 1.82) is 0 Å². The van der Waals surface area contributed by atoms with E-state index in [9.17, 15) is 4.79 Å². The summed E-state index contributed by atoms with van der Waals surface area (Å²) in [5, 5.41) is 0. The second-order valence-corrected chi connectivity index (χ2v) is 4.18. The maximum absolute atomic E-state index is 11.4. The molecule has 19 heavy (non-hydrogen) atoms. The molecule has 0 radical (unpaired) electrons. The van der Waals surface area contributed by atoms with E-state index in [-0.39, 0.29) is 5.69 Å². The second-order valence-electron chi connectivity index (χ2n) is 4.18. The van der Waals surface area contributed by atoms with Crippen LogP contribution < -0.4 is 10.5 Å². The minimum atomic E-state index is -0.539. The highest BCUT2D eigenvalue weighted by Crippen LogP contribution is 2.17. The number of carbonyl (C=O) groups is 1. The lowest BCUT2D eigenvalue weighted by Crippen LogP contribution is -2.17. The van der Waals surface area contributed by atoms with Gasteiger partial charge in [-0.3, -0.25) is 4.79 Å². The molecule has 2 aromatic rings. The number of carbonyl (C=O) groups excluding carboxylic acids is 1. The molecule has 0 saturated heterocycles. The Morgan fingerprint density at radius 3 is 2.89 bits per heavy atom. The molecule has 1 aromatic heterocycles. The van der Waals surface area contributed by atoms with E-state index in [1.165, 1.54) is 0 Å². The Balaban J connectivity index is 2.34. The summed E-state index contributed by atoms with van der Waals surface area (Å²) in [5.41, 5.74) is 7.34. The van der Waals surface area contributed by atoms with Crippen LogP contribution in [0, 0.1) is 6.92 Å². The van der Waals surface area contributed by atoms with Gasteiger partial charge in [0.2, 0.25) is 0 Å². The number of aryl methyl sites for hydroxylation is 1. The Labute approximate surface area is 111 Å². The number of hydrogen-bond acceptors (Lipinski definition) is 4. The zero-order valence-electron chi connectivity index (χ0n) is 10.9. The minimum absolute atomic E-state index is 0.273. The average molecular weight is 257 g/mol. The zero-order valence-corrected chi connectivity index (χ0v) is 10.9. The van der Waals surface area contributed by atoms with Gasteiger partial charge in [0.25, 0.3) is 5.91 Å². The SMILES string of the molecule is COc1cccc(Cc2cnc(C)nc2C(N)=O)c1. The van der Waals surface area contributed by atoms with Gasteiger partial charge in [-0.2, -0.15) is 0 Å². The number of amides is 1. The molecule has 0 aliphatic heterocycles. The van der Waals surface area contributed by atoms with Crippen LogP contribution in [-0.4, -0.2) is 23.0 Å². The Hall–Kier alpha value is -2.43. The van der Waals surface area contributed by atoms with E-state index in [1.54, 1.807) is 20.2 Å². The third kappa shape index (κ3) is 3.07. The normalized spacial score (nSPS) is 10.2. The summed E-state index contributed by atoms with van der Waals surface area (Å²) < 4.78 is 5.17. The number of hydrogen-bond donors (Lipinski definition) is 1. The van der Waals surface area contributed by atoms with Crippen LogP contribution in [0.25, 0.3) is 0 Å². The fraction of sp³-hybridized carbons (Fsp3) is 0.214. The molecule has 98 valence electrons. The minimum Gasteiger partial charge on any atom is -0.497 e. The summed E-state index contributed by atoms with van der Waals surface area (Å²) in [4.78, 5) is 19.6. The molecule has 0 saturated carbocycles. The van der Waals surface area contributed by atoms with E-state index in [1.807, 2.05) is 24.3 Å². The molecule has 0 fully saturated rings. The Kier molecular flexibility index (Phi) is 3.75. The summed E-state index contributed by atoms with van der Waals surface area (Å²) in [7, 11) is 1.61. The molecule has 1 amide bonds. The number of ether oxygens (including phenoxy) is 1. The number of rotatable bonds is 4. The van der Waals surface area contributed by atoms with E-state index >= 15 is 0 Å². The number of primary amides is 1. The van der Waals surface area contributed by atoms with Crippen LogP contribution in [0.2, 0.25) is 0 Å². The van der Waals surface area contributed by atoms with E-state index in [2.05, 4.69) is 9.97 Å². The average Bonchev–Trinajstić information content (AvgIpc) is 2.41. The van der Waals surface area contributed by atoms with Crippen LogP contribution in [0.15, 0.2) is 30.5 Å². The first-order valence-corrected chi connectivity index (χ1v) is 5.85. The Morgan fingerprint density at radius 1 is 1.42 bits per heavy atom. The van der Waals surface area contributed by atoms with Crippen LogP contribution >= 0.6 is 0 Å². The van der Waals surface area contributed by atoms with Gasteiger partial charge in [0, 0.05) is 18.2 Å². The maximum atomic E-state index is 11.4. The Morgan fingerprint density at radius 2 is 2.21 bits per heavy atom. The standard InChI is InChI=1S/C14H15N3O2/c1-9-16-8-11(13(17-9)14(15)18)6-10-4-3-5-12(7-10)19-2/h3-5,7-8H,6H2,1-2H3,(H2,15,18). The molecule has 0 bridgehead atoms. The van der Waals surface area contributed by atoms with Crippen molar-refractivity contribution >= 4 is 5.91 Å². The molecule has 0 atom stereocenters. The van der Waals surface area contributed by atoms with Gasteiger partial charge in [-0.15, -0.1) is 0 Å². The molecule has 0 spiro atoms. The van der Waals surface area contributed by atoms with Crippen molar-refractivity contribution in [1.82, 2.24) is 9.97 Å². The lowest BCUT2D eigenvalue weighted by molar-refractivity contribution is 0.0994. The summed E-state index contributed by atoms with van der Waals surface area (Å²) in [5.74, 6) is 0.762. The smallest absolute Gasteiger partial charge is 0.267 e. The summed E-state index contributed by atoms with van der Waals surface area (Å²) in [6.07, 6.45) is 2.18. The molecule has 5 heteroatoms. The van der Waals surface area contributed by atoms with Crippen molar-refractivity contribution in [3.8, 4) is 5.75 Å². The molecule has 0 unspecified atom stereocenters. The van der Waals surface area contributed by atoms with Gasteiger partial charge in [0.15, 0.2) is 0 Å². The molecule has 5 nitrogen and oxygen atoms in total. The topological polar surface area (TPSA) is 78.1 Å². The van der Waals surface area contributed by atoms with Gasteiger partial charge >= 0.3 is 0 Å². The lowest BCUT2D eigenvalue weighted by Gasteiger charge is -2.07. The highest BCUT2D eigenvalue weighted by molar-refractivity contribution is 5.92. The highest BCUT2D eigenvalue weighted by Gasteiger charge is 2.11. The van der Waals surface area contributed by atoms with Gasteiger partial charge < -0.3 is 10.5 Å². The molecule has 0 aliphatic rings. The highest BCUT2D eigenvalue weighted by atomic mass is 16.5. The number of aromatic nitrogens is 2. The van der Waals surface area contributed by atoms with Gasteiger partial charge in [-0.1, -0.05) is 12.1 Å². The van der Waals surface area contributed by atoms with Crippen molar-refractivity contribution in [3.63, 3.8) is 0 Å². The van der Waals surface area contributed by atoms with Crippen LogP contribution in [0.4, 0.5) is 0 Å². The van der Waals surface area contributed by atoms with Crippen LogP contribution in [0.3, 0.4) is 0 Å². The van der Waals surface area contributed by atoms with E-state index in [4.69, 9.17) is 10.5 Å². The maximum Gasteiger partial charge on any atom is 0.267 e. The van der Waals surface area contributed by atoms with E-state index < -0.39 is 5.91 Å². The molecule has 1 aromatic carbocycles. The van der Waals surface area contributed by atoms with Crippen LogP contribution in [0.1, 0.15) is 27.4 Å². The summed E-state index contributed by atoms with van der Waals surface area (Å²) >= 11 is 0. The first kappa shape index (κ1) is 13.0. The number of methoxy groups -OCH3 is 1. The molecule has 1 heterocycles. The molecular weight excluding hydrogens is 242 g/mol. The second kappa shape index (κ2) is 5.48. The quantitative estimate of drug-likeness (QED) is 0.900. The van der Waals surface area contributed by atoms with Crippen molar-refractivity contribution in [3.05, 3.63) is 53.1 Å². The van der Waals surface area contributed by atoms with Crippen molar-refractivity contribution in [2.24, 2.45) is 5.73 Å². The molecule has 2 N–H and O–H groups in total. The first-order valence-electron chi connectivity index (χ1n) is 5.85. The van der Waals surface area contributed by atoms with Crippen LogP contribution in [-0.2, 0) is 6.42 Å². The van der Waals surface area contributed by atoms with E-state index in [0.29, 0.717) is 17.8 Å². The monoisotopic (exact) mass is 257 g/mol.